The summed E-state index contributed by atoms with van der Waals surface area (Å²) in [5.41, 5.74) is 2.60. The van der Waals surface area contributed by atoms with Gasteiger partial charge in [-0.3, -0.25) is 4.79 Å². The molecule has 2 N–H and O–H groups in total. The minimum absolute atomic E-state index is 0.240. The number of nitrogens with zero attached hydrogens (tertiary/aromatic N) is 1. The Morgan fingerprint density at radius 2 is 1.87 bits per heavy atom. The first-order valence-corrected chi connectivity index (χ1v) is 12.3. The van der Waals surface area contributed by atoms with Gasteiger partial charge in [0.2, 0.25) is 0 Å². The van der Waals surface area contributed by atoms with E-state index in [1.54, 1.807) is 6.08 Å². The molecule has 1 aromatic heterocycles. The predicted molar refractivity (Wildman–Crippen MR) is 118 cm³/mol. The number of anilines is 1. The summed E-state index contributed by atoms with van der Waals surface area (Å²) in [6.07, 6.45) is 6.98. The summed E-state index contributed by atoms with van der Waals surface area (Å²) >= 11 is 0. The van der Waals surface area contributed by atoms with E-state index in [0.29, 0.717) is 23.8 Å². The standard InChI is InChI=1S/C23H27N3O3S/c1-30(28,29)14-13-21(18-9-10-18)26-23(27)19-11-12-20(17-7-8-17)25-22(19)24-15-16-5-3-2-4-6-16/h2-6,11-14,17-18,21H,7-10,15H2,1H3,(H,24,25)(H,26,27)/b14-13+/t21-/m0/s1. The molecule has 1 atom stereocenters. The van der Waals surface area contributed by atoms with Crippen molar-refractivity contribution in [1.82, 2.24) is 10.3 Å². The van der Waals surface area contributed by atoms with Gasteiger partial charge in [-0.2, -0.15) is 0 Å². The smallest absolute Gasteiger partial charge is 0.255 e. The van der Waals surface area contributed by atoms with Crippen LogP contribution in [0.15, 0.2) is 53.9 Å². The highest BCUT2D eigenvalue weighted by Crippen LogP contribution is 2.40. The Hall–Kier alpha value is -2.67. The molecule has 0 aliphatic heterocycles. The molecule has 1 aromatic carbocycles. The Bertz CT molecular complexity index is 1040. The molecule has 2 saturated carbocycles. The van der Waals surface area contributed by atoms with Crippen LogP contribution in [0.4, 0.5) is 5.82 Å². The second-order valence-corrected chi connectivity index (χ2v) is 10.2. The number of sulfone groups is 1. The third kappa shape index (κ3) is 5.69. The number of hydrogen-bond acceptors (Lipinski definition) is 5. The SMILES string of the molecule is CS(=O)(=O)/C=C/[C@H](NC(=O)c1ccc(C2CC2)nc1NCc1ccccc1)C1CC1. The number of amides is 1. The van der Waals surface area contributed by atoms with Gasteiger partial charge < -0.3 is 10.6 Å². The van der Waals surface area contributed by atoms with Crippen LogP contribution >= 0.6 is 0 Å². The second-order valence-electron chi connectivity index (χ2n) is 8.24. The Morgan fingerprint density at radius 1 is 1.13 bits per heavy atom. The Labute approximate surface area is 177 Å². The first-order chi connectivity index (χ1) is 14.4. The lowest BCUT2D eigenvalue weighted by Gasteiger charge is -2.17. The number of pyridine rings is 1. The molecule has 0 bridgehead atoms. The molecule has 0 saturated heterocycles. The molecule has 30 heavy (non-hydrogen) atoms. The van der Waals surface area contributed by atoms with Crippen molar-refractivity contribution >= 4 is 21.6 Å². The van der Waals surface area contributed by atoms with Gasteiger partial charge in [-0.25, -0.2) is 13.4 Å². The monoisotopic (exact) mass is 425 g/mol. The van der Waals surface area contributed by atoms with Gasteiger partial charge in [0.05, 0.1) is 11.6 Å². The lowest BCUT2D eigenvalue weighted by atomic mass is 10.1. The van der Waals surface area contributed by atoms with Gasteiger partial charge in [0, 0.05) is 29.8 Å². The maximum Gasteiger partial charge on any atom is 0.255 e. The Morgan fingerprint density at radius 3 is 2.50 bits per heavy atom. The molecule has 0 unspecified atom stereocenters. The number of carbonyl (C=O) groups is 1. The molecular weight excluding hydrogens is 398 g/mol. The maximum absolute atomic E-state index is 13.1. The largest absolute Gasteiger partial charge is 0.365 e. The third-order valence-corrected chi connectivity index (χ3v) is 6.07. The van der Waals surface area contributed by atoms with Crippen LogP contribution in [-0.2, 0) is 16.4 Å². The molecule has 2 aliphatic carbocycles. The van der Waals surface area contributed by atoms with E-state index in [0.717, 1.165) is 43.2 Å². The Balaban J connectivity index is 1.53. The van der Waals surface area contributed by atoms with Gasteiger partial charge in [-0.05, 0) is 49.3 Å². The average molecular weight is 426 g/mol. The number of hydrogen-bond donors (Lipinski definition) is 2. The van der Waals surface area contributed by atoms with Crippen molar-refractivity contribution in [2.24, 2.45) is 5.92 Å². The van der Waals surface area contributed by atoms with E-state index >= 15 is 0 Å². The number of aromatic nitrogens is 1. The molecule has 2 aromatic rings. The summed E-state index contributed by atoms with van der Waals surface area (Å²) in [6, 6.07) is 13.4. The van der Waals surface area contributed by atoms with E-state index in [2.05, 4.69) is 10.6 Å². The summed E-state index contributed by atoms with van der Waals surface area (Å²) in [5.74, 6) is 1.10. The van der Waals surface area contributed by atoms with Crippen LogP contribution in [0.25, 0.3) is 0 Å². The van der Waals surface area contributed by atoms with Gasteiger partial charge in [0.1, 0.15) is 5.82 Å². The number of carbonyl (C=O) groups excluding carboxylic acids is 1. The van der Waals surface area contributed by atoms with Crippen LogP contribution in [0.2, 0.25) is 0 Å². The molecule has 6 nitrogen and oxygen atoms in total. The molecule has 1 amide bonds. The quantitative estimate of drug-likeness (QED) is 0.640. The van der Waals surface area contributed by atoms with E-state index in [1.807, 2.05) is 42.5 Å². The summed E-state index contributed by atoms with van der Waals surface area (Å²) in [4.78, 5) is 17.8. The van der Waals surface area contributed by atoms with Crippen LogP contribution in [0.3, 0.4) is 0 Å². The fourth-order valence-corrected chi connectivity index (χ4v) is 3.87. The predicted octanol–water partition coefficient (Wildman–Crippen LogP) is 3.64. The van der Waals surface area contributed by atoms with Gasteiger partial charge >= 0.3 is 0 Å². The van der Waals surface area contributed by atoms with Crippen LogP contribution < -0.4 is 10.6 Å². The van der Waals surface area contributed by atoms with Gasteiger partial charge in [0.15, 0.2) is 9.84 Å². The molecule has 0 radical (unpaired) electrons. The van der Waals surface area contributed by atoms with E-state index < -0.39 is 9.84 Å². The van der Waals surface area contributed by atoms with Gasteiger partial charge in [0.25, 0.3) is 5.91 Å². The normalized spacial score (nSPS) is 17.6. The van der Waals surface area contributed by atoms with Crippen LogP contribution in [0.5, 0.6) is 0 Å². The Kier molecular flexibility index (Phi) is 5.90. The highest BCUT2D eigenvalue weighted by Gasteiger charge is 2.32. The third-order valence-electron chi connectivity index (χ3n) is 5.42. The second kappa shape index (κ2) is 8.60. The average Bonchev–Trinajstić information content (AvgIpc) is 3.62. The van der Waals surface area contributed by atoms with Crippen molar-refractivity contribution in [3.05, 3.63) is 70.8 Å². The van der Waals surface area contributed by atoms with Gasteiger partial charge in [-0.1, -0.05) is 36.4 Å². The van der Waals surface area contributed by atoms with Crippen molar-refractivity contribution in [1.29, 1.82) is 0 Å². The first kappa shape index (κ1) is 20.6. The fraction of sp³-hybridized carbons (Fsp3) is 0.391. The molecule has 4 rings (SSSR count). The molecular formula is C23H27N3O3S. The van der Waals surface area contributed by atoms with Crippen molar-refractivity contribution in [2.75, 3.05) is 11.6 Å². The van der Waals surface area contributed by atoms with Crippen molar-refractivity contribution in [3.8, 4) is 0 Å². The zero-order chi connectivity index (χ0) is 21.1. The lowest BCUT2D eigenvalue weighted by molar-refractivity contribution is 0.0941. The minimum atomic E-state index is -3.24. The minimum Gasteiger partial charge on any atom is -0.365 e. The topological polar surface area (TPSA) is 88.2 Å². The summed E-state index contributed by atoms with van der Waals surface area (Å²) in [5, 5.41) is 7.50. The van der Waals surface area contributed by atoms with Crippen LogP contribution in [-0.4, -0.2) is 31.6 Å². The molecule has 1 heterocycles. The van der Waals surface area contributed by atoms with E-state index in [4.69, 9.17) is 4.98 Å². The van der Waals surface area contributed by atoms with Gasteiger partial charge in [-0.15, -0.1) is 0 Å². The summed E-state index contributed by atoms with van der Waals surface area (Å²) < 4.78 is 23.0. The first-order valence-electron chi connectivity index (χ1n) is 10.4. The number of benzene rings is 1. The van der Waals surface area contributed by atoms with Crippen molar-refractivity contribution in [2.45, 2.75) is 44.2 Å². The molecule has 2 fully saturated rings. The van der Waals surface area contributed by atoms with Crippen molar-refractivity contribution < 1.29 is 13.2 Å². The van der Waals surface area contributed by atoms with Crippen LogP contribution in [0.1, 0.15) is 53.2 Å². The molecule has 2 aliphatic rings. The van der Waals surface area contributed by atoms with E-state index in [-0.39, 0.29) is 17.9 Å². The summed E-state index contributed by atoms with van der Waals surface area (Å²) in [6.45, 7) is 0.572. The zero-order valence-corrected chi connectivity index (χ0v) is 17.9. The fourth-order valence-electron chi connectivity index (χ4n) is 3.42. The number of nitrogens with one attached hydrogen (secondary N) is 2. The maximum atomic E-state index is 13.1. The highest BCUT2D eigenvalue weighted by molar-refractivity contribution is 7.93. The lowest BCUT2D eigenvalue weighted by Crippen LogP contribution is -2.35. The number of rotatable bonds is 9. The van der Waals surface area contributed by atoms with Crippen LogP contribution in [0, 0.1) is 5.92 Å². The van der Waals surface area contributed by atoms with E-state index in [9.17, 15) is 13.2 Å². The molecule has 0 spiro atoms. The van der Waals surface area contributed by atoms with Crippen molar-refractivity contribution in [3.63, 3.8) is 0 Å². The van der Waals surface area contributed by atoms with E-state index in [1.165, 1.54) is 5.41 Å². The zero-order valence-electron chi connectivity index (χ0n) is 17.0. The summed E-state index contributed by atoms with van der Waals surface area (Å²) in [7, 11) is -3.24. The highest BCUT2D eigenvalue weighted by atomic mass is 32.2. The molecule has 7 heteroatoms. The molecule has 158 valence electrons.